The number of rotatable bonds is 3. The summed E-state index contributed by atoms with van der Waals surface area (Å²) in [4.78, 5) is 26.9. The number of hydrogen-bond acceptors (Lipinski definition) is 6. The predicted octanol–water partition coefficient (Wildman–Crippen LogP) is 2.34. The molecule has 0 aliphatic heterocycles. The molecule has 0 fully saturated rings. The smallest absolute Gasteiger partial charge is 0.377 e. The van der Waals surface area contributed by atoms with Crippen LogP contribution in [0.5, 0.6) is 0 Å². The first-order valence-corrected chi connectivity index (χ1v) is 6.65. The lowest BCUT2D eigenvalue weighted by Gasteiger charge is -2.00. The van der Waals surface area contributed by atoms with Crippen LogP contribution in [0.4, 0.5) is 5.13 Å². The van der Waals surface area contributed by atoms with E-state index in [1.165, 1.54) is 7.11 Å². The highest BCUT2D eigenvalue weighted by Crippen LogP contribution is 2.15. The Labute approximate surface area is 121 Å². The maximum atomic E-state index is 11.9. The summed E-state index contributed by atoms with van der Waals surface area (Å²) in [6.07, 6.45) is 0. The second kappa shape index (κ2) is 5.89. The zero-order valence-corrected chi connectivity index (χ0v) is 12.1. The number of amides is 1. The van der Waals surface area contributed by atoms with Crippen LogP contribution in [0.1, 0.15) is 21.0 Å². The van der Waals surface area contributed by atoms with E-state index in [2.05, 4.69) is 35.3 Å². The van der Waals surface area contributed by atoms with Gasteiger partial charge in [-0.3, -0.25) is 10.1 Å². The third-order valence-electron chi connectivity index (χ3n) is 2.12. The Morgan fingerprint density at radius 3 is 2.63 bits per heavy atom. The summed E-state index contributed by atoms with van der Waals surface area (Å²) in [7, 11) is 1.24. The summed E-state index contributed by atoms with van der Waals surface area (Å²) in [5.41, 5.74) is 0.484. The number of benzene rings is 1. The number of carbonyl (C=O) groups is 2. The molecule has 0 radical (unpaired) electrons. The molecular weight excluding hydrogens is 334 g/mol. The molecule has 19 heavy (non-hydrogen) atoms. The molecule has 1 aromatic carbocycles. The van der Waals surface area contributed by atoms with Crippen molar-refractivity contribution >= 4 is 44.5 Å². The Hall–Kier alpha value is -1.80. The molecule has 0 unspecified atom stereocenters. The van der Waals surface area contributed by atoms with Gasteiger partial charge in [0, 0.05) is 21.6 Å². The fraction of sp³-hybridized carbons (Fsp3) is 0.0909. The van der Waals surface area contributed by atoms with Crippen LogP contribution in [-0.4, -0.2) is 28.3 Å². The maximum absolute atomic E-state index is 11.9. The van der Waals surface area contributed by atoms with E-state index in [9.17, 15) is 9.59 Å². The van der Waals surface area contributed by atoms with Gasteiger partial charge in [0.05, 0.1) is 7.11 Å². The highest BCUT2D eigenvalue weighted by molar-refractivity contribution is 9.10. The van der Waals surface area contributed by atoms with E-state index in [4.69, 9.17) is 0 Å². The molecule has 0 aliphatic rings. The van der Waals surface area contributed by atoms with Crippen LogP contribution in [-0.2, 0) is 4.74 Å². The third kappa shape index (κ3) is 3.36. The monoisotopic (exact) mass is 341 g/mol. The largest absolute Gasteiger partial charge is 0.463 e. The standard InChI is InChI=1S/C11H8BrN3O3S/c1-18-10(17)8-13-11(19-15-8)14-9(16)6-2-4-7(12)5-3-6/h2-5H,1H3,(H,13,14,15,16). The number of methoxy groups -OCH3 is 1. The topological polar surface area (TPSA) is 81.2 Å². The molecule has 0 aliphatic carbocycles. The molecule has 98 valence electrons. The number of hydrogen-bond donors (Lipinski definition) is 1. The first kappa shape index (κ1) is 13.6. The molecule has 1 aromatic heterocycles. The minimum absolute atomic E-state index is 0.0707. The summed E-state index contributed by atoms with van der Waals surface area (Å²) >= 11 is 4.20. The molecule has 1 heterocycles. The summed E-state index contributed by atoms with van der Waals surface area (Å²) in [5, 5.41) is 2.80. The Bertz CT molecular complexity index is 612. The molecule has 0 spiro atoms. The van der Waals surface area contributed by atoms with E-state index < -0.39 is 5.97 Å². The molecule has 8 heteroatoms. The molecule has 1 amide bonds. The third-order valence-corrected chi connectivity index (χ3v) is 3.28. The van der Waals surface area contributed by atoms with Crippen molar-refractivity contribution in [2.45, 2.75) is 0 Å². The maximum Gasteiger partial charge on any atom is 0.377 e. The molecule has 2 aromatic rings. The Balaban J connectivity index is 2.08. The predicted molar refractivity (Wildman–Crippen MR) is 73.3 cm³/mol. The fourth-order valence-corrected chi connectivity index (χ4v) is 2.04. The van der Waals surface area contributed by atoms with Crippen LogP contribution in [0.25, 0.3) is 0 Å². The van der Waals surface area contributed by atoms with E-state index in [-0.39, 0.29) is 16.9 Å². The van der Waals surface area contributed by atoms with Gasteiger partial charge in [0.1, 0.15) is 0 Å². The quantitative estimate of drug-likeness (QED) is 0.866. The van der Waals surface area contributed by atoms with Gasteiger partial charge in [0.15, 0.2) is 0 Å². The van der Waals surface area contributed by atoms with Gasteiger partial charge in [-0.05, 0) is 24.3 Å². The first-order chi connectivity index (χ1) is 9.10. The van der Waals surface area contributed by atoms with Crippen molar-refractivity contribution in [2.75, 3.05) is 12.4 Å². The zero-order chi connectivity index (χ0) is 13.8. The highest BCUT2D eigenvalue weighted by atomic mass is 79.9. The number of esters is 1. The van der Waals surface area contributed by atoms with E-state index >= 15 is 0 Å². The van der Waals surface area contributed by atoms with Crippen molar-refractivity contribution in [1.82, 2.24) is 9.36 Å². The molecule has 6 nitrogen and oxygen atoms in total. The molecule has 1 N–H and O–H groups in total. The molecule has 0 atom stereocenters. The average molecular weight is 342 g/mol. The normalized spacial score (nSPS) is 10.0. The van der Waals surface area contributed by atoms with Crippen molar-refractivity contribution in [3.63, 3.8) is 0 Å². The SMILES string of the molecule is COC(=O)c1nsc(NC(=O)c2ccc(Br)cc2)n1. The average Bonchev–Trinajstić information content (AvgIpc) is 2.87. The molecular formula is C11H8BrN3O3S. The lowest BCUT2D eigenvalue weighted by Crippen LogP contribution is -2.12. The minimum Gasteiger partial charge on any atom is -0.463 e. The second-order valence-corrected chi connectivity index (χ2v) is 5.04. The van der Waals surface area contributed by atoms with Crippen LogP contribution in [0, 0.1) is 0 Å². The zero-order valence-electron chi connectivity index (χ0n) is 9.71. The number of aromatic nitrogens is 2. The number of carbonyl (C=O) groups excluding carboxylic acids is 2. The number of ether oxygens (including phenoxy) is 1. The van der Waals surface area contributed by atoms with Gasteiger partial charge in [0.25, 0.3) is 11.7 Å². The molecule has 2 rings (SSSR count). The van der Waals surface area contributed by atoms with Gasteiger partial charge < -0.3 is 4.74 Å². The fourth-order valence-electron chi connectivity index (χ4n) is 1.22. The summed E-state index contributed by atoms with van der Waals surface area (Å²) in [6.45, 7) is 0. The van der Waals surface area contributed by atoms with Crippen molar-refractivity contribution in [1.29, 1.82) is 0 Å². The second-order valence-electron chi connectivity index (χ2n) is 3.38. The minimum atomic E-state index is -0.639. The van der Waals surface area contributed by atoms with E-state index in [1.807, 2.05) is 0 Å². The Morgan fingerprint density at radius 2 is 2.00 bits per heavy atom. The van der Waals surface area contributed by atoms with E-state index in [0.717, 1.165) is 16.0 Å². The van der Waals surface area contributed by atoms with Crippen molar-refractivity contribution < 1.29 is 14.3 Å². The molecule has 0 bridgehead atoms. The van der Waals surface area contributed by atoms with Crippen LogP contribution in [0.3, 0.4) is 0 Å². The first-order valence-electron chi connectivity index (χ1n) is 5.09. The van der Waals surface area contributed by atoms with Crippen molar-refractivity contribution in [2.24, 2.45) is 0 Å². The van der Waals surface area contributed by atoms with Crippen LogP contribution >= 0.6 is 27.5 Å². The van der Waals surface area contributed by atoms with Gasteiger partial charge in [-0.25, -0.2) is 4.79 Å². The van der Waals surface area contributed by atoms with Crippen molar-refractivity contribution in [3.8, 4) is 0 Å². The van der Waals surface area contributed by atoms with E-state index in [0.29, 0.717) is 5.56 Å². The lowest BCUT2D eigenvalue weighted by atomic mass is 10.2. The van der Waals surface area contributed by atoms with Gasteiger partial charge in [0.2, 0.25) is 5.13 Å². The van der Waals surface area contributed by atoms with Gasteiger partial charge in [-0.2, -0.15) is 9.36 Å². The van der Waals surface area contributed by atoms with Gasteiger partial charge in [-0.15, -0.1) is 0 Å². The molecule has 0 saturated heterocycles. The summed E-state index contributed by atoms with van der Waals surface area (Å²) in [5.74, 6) is -1.03. The number of nitrogens with zero attached hydrogens (tertiary/aromatic N) is 2. The van der Waals surface area contributed by atoms with Gasteiger partial charge in [-0.1, -0.05) is 15.9 Å². The Morgan fingerprint density at radius 1 is 1.32 bits per heavy atom. The van der Waals surface area contributed by atoms with Crippen LogP contribution < -0.4 is 5.32 Å². The highest BCUT2D eigenvalue weighted by Gasteiger charge is 2.15. The van der Waals surface area contributed by atoms with E-state index in [1.54, 1.807) is 24.3 Å². The van der Waals surface area contributed by atoms with Crippen LogP contribution in [0.15, 0.2) is 28.7 Å². The molecule has 0 saturated carbocycles. The number of nitrogens with one attached hydrogen (secondary N) is 1. The van der Waals surface area contributed by atoms with Crippen molar-refractivity contribution in [3.05, 3.63) is 40.1 Å². The Kier molecular flexibility index (Phi) is 4.23. The van der Waals surface area contributed by atoms with Crippen LogP contribution in [0.2, 0.25) is 0 Å². The summed E-state index contributed by atoms with van der Waals surface area (Å²) in [6, 6.07) is 6.85. The summed E-state index contributed by atoms with van der Waals surface area (Å²) < 4.78 is 9.14. The lowest BCUT2D eigenvalue weighted by molar-refractivity contribution is 0.0588. The number of anilines is 1. The number of halogens is 1. The van der Waals surface area contributed by atoms with Gasteiger partial charge >= 0.3 is 5.97 Å².